The van der Waals surface area contributed by atoms with Gasteiger partial charge in [-0.1, -0.05) is 0 Å². The van der Waals surface area contributed by atoms with Crippen molar-refractivity contribution < 1.29 is 61.9 Å². The minimum atomic E-state index is -1.65. The van der Waals surface area contributed by atoms with Gasteiger partial charge in [0.1, 0.15) is 12.7 Å². The van der Waals surface area contributed by atoms with Crippen molar-refractivity contribution in [3.05, 3.63) is 0 Å². The molecule has 180 valence electrons. The lowest BCUT2D eigenvalue weighted by atomic mass is 9.94. The predicted octanol–water partition coefficient (Wildman–Crippen LogP) is -0.436. The highest BCUT2D eigenvalue weighted by Gasteiger charge is 2.56. The van der Waals surface area contributed by atoms with E-state index in [0.717, 1.165) is 41.5 Å². The zero-order valence-corrected chi connectivity index (χ0v) is 18.5. The molecule has 13 heteroatoms. The second-order valence-electron chi connectivity index (χ2n) is 6.75. The van der Waals surface area contributed by atoms with Gasteiger partial charge in [-0.2, -0.15) is 0 Å². The summed E-state index contributed by atoms with van der Waals surface area (Å²) in [6, 6.07) is 0. The fourth-order valence-electron chi connectivity index (χ4n) is 2.97. The number of hydrogen-bond acceptors (Lipinski definition) is 13. The van der Waals surface area contributed by atoms with Crippen LogP contribution >= 0.6 is 0 Å². The average Bonchev–Trinajstić information content (AvgIpc) is 2.61. The van der Waals surface area contributed by atoms with Crippen molar-refractivity contribution >= 4 is 35.8 Å². The van der Waals surface area contributed by atoms with E-state index < -0.39 is 79.2 Å². The van der Waals surface area contributed by atoms with Gasteiger partial charge in [0.15, 0.2) is 18.3 Å². The fourth-order valence-corrected chi connectivity index (χ4v) is 2.97. The Hall–Kier alpha value is -3.22. The van der Waals surface area contributed by atoms with E-state index >= 15 is 0 Å². The zero-order valence-electron chi connectivity index (χ0n) is 18.5. The van der Waals surface area contributed by atoms with Crippen LogP contribution in [0.15, 0.2) is 0 Å². The molecule has 1 saturated heterocycles. The highest BCUT2D eigenvalue weighted by molar-refractivity contribution is 5.69. The summed E-state index contributed by atoms with van der Waals surface area (Å²) in [7, 11) is 0. The Kier molecular flexibility index (Phi) is 10.0. The first-order valence-electron chi connectivity index (χ1n) is 9.46. The summed E-state index contributed by atoms with van der Waals surface area (Å²) < 4.78 is 36.4. The molecular formula is C19H26O13. The Morgan fingerprint density at radius 1 is 0.625 bits per heavy atom. The molecule has 0 spiro atoms. The Morgan fingerprint density at radius 3 is 1.53 bits per heavy atom. The number of hydrogen-bond donors (Lipinski definition) is 0. The lowest BCUT2D eigenvalue weighted by molar-refractivity contribution is -0.310. The van der Waals surface area contributed by atoms with Gasteiger partial charge < -0.3 is 33.2 Å². The molecular weight excluding hydrogens is 436 g/mol. The highest BCUT2D eigenvalue weighted by atomic mass is 16.7. The van der Waals surface area contributed by atoms with Crippen molar-refractivity contribution in [1.29, 1.82) is 0 Å². The molecule has 0 aromatic carbocycles. The lowest BCUT2D eigenvalue weighted by Crippen LogP contribution is -2.65. The largest absolute Gasteiger partial charge is 0.462 e. The van der Waals surface area contributed by atoms with Crippen LogP contribution in [-0.2, 0) is 61.9 Å². The van der Waals surface area contributed by atoms with Crippen molar-refractivity contribution in [3.8, 4) is 0 Å². The molecule has 0 N–H and O–H groups in total. The zero-order chi connectivity index (χ0) is 24.6. The van der Waals surface area contributed by atoms with Gasteiger partial charge in [0, 0.05) is 41.5 Å². The number of carbonyl (C=O) groups is 6. The molecule has 1 rings (SSSR count). The summed E-state index contributed by atoms with van der Waals surface area (Å²) in [5, 5.41) is 0. The number of carbonyl (C=O) groups excluding carboxylic acids is 6. The summed E-state index contributed by atoms with van der Waals surface area (Å²) in [6.07, 6.45) is -9.05. The van der Waals surface area contributed by atoms with E-state index in [2.05, 4.69) is 0 Å². The predicted molar refractivity (Wildman–Crippen MR) is 99.3 cm³/mol. The molecule has 0 bridgehead atoms. The second kappa shape index (κ2) is 12.0. The van der Waals surface area contributed by atoms with E-state index in [1.807, 2.05) is 0 Å². The molecule has 1 heterocycles. The first-order valence-corrected chi connectivity index (χ1v) is 9.46. The van der Waals surface area contributed by atoms with E-state index in [0.29, 0.717) is 0 Å². The van der Waals surface area contributed by atoms with Crippen molar-refractivity contribution in [2.24, 2.45) is 0 Å². The van der Waals surface area contributed by atoms with E-state index in [1.165, 1.54) is 0 Å². The van der Waals surface area contributed by atoms with Gasteiger partial charge in [-0.25, -0.2) is 0 Å². The smallest absolute Gasteiger partial charge is 0.305 e. The molecule has 0 aliphatic carbocycles. The molecule has 1 fully saturated rings. The molecule has 0 aromatic heterocycles. The summed E-state index contributed by atoms with van der Waals surface area (Å²) in [5.74, 6) is -4.90. The number of ether oxygens (including phenoxy) is 7. The average molecular weight is 462 g/mol. The minimum absolute atomic E-state index is 0.533. The van der Waals surface area contributed by atoms with Crippen LogP contribution in [0.25, 0.3) is 0 Å². The monoisotopic (exact) mass is 462 g/mol. The molecule has 0 amide bonds. The van der Waals surface area contributed by atoms with Crippen LogP contribution in [0.5, 0.6) is 0 Å². The first-order chi connectivity index (χ1) is 14.8. The maximum Gasteiger partial charge on any atom is 0.305 e. The maximum atomic E-state index is 11.8. The van der Waals surface area contributed by atoms with Gasteiger partial charge in [0.25, 0.3) is 0 Å². The molecule has 1 aliphatic rings. The van der Waals surface area contributed by atoms with E-state index in [-0.39, 0.29) is 0 Å². The SMILES string of the molecule is CC(=O)OC[C@H](OC(C)=O)C1O[C@H](OC(C)=O)C(OC(C)=O)C(OC(C)=O)[C@H]1OC(C)=O. The first kappa shape index (κ1) is 26.8. The Bertz CT molecular complexity index is 732. The van der Waals surface area contributed by atoms with E-state index in [9.17, 15) is 28.8 Å². The van der Waals surface area contributed by atoms with Crippen LogP contribution < -0.4 is 0 Å². The summed E-state index contributed by atoms with van der Waals surface area (Å²) in [5.41, 5.74) is 0. The van der Waals surface area contributed by atoms with Crippen molar-refractivity contribution in [2.45, 2.75) is 78.4 Å². The lowest BCUT2D eigenvalue weighted by Gasteiger charge is -2.45. The van der Waals surface area contributed by atoms with Crippen LogP contribution in [0.3, 0.4) is 0 Å². The molecule has 1 aliphatic heterocycles. The topological polar surface area (TPSA) is 167 Å². The highest BCUT2D eigenvalue weighted by Crippen LogP contribution is 2.32. The molecule has 32 heavy (non-hydrogen) atoms. The van der Waals surface area contributed by atoms with Gasteiger partial charge in [-0.05, 0) is 0 Å². The molecule has 0 saturated carbocycles. The van der Waals surface area contributed by atoms with Crippen LogP contribution in [-0.4, -0.2) is 79.2 Å². The quantitative estimate of drug-likeness (QED) is 0.337. The molecule has 13 nitrogen and oxygen atoms in total. The molecule has 6 atom stereocenters. The van der Waals surface area contributed by atoms with Crippen LogP contribution in [0.2, 0.25) is 0 Å². The van der Waals surface area contributed by atoms with Crippen LogP contribution in [0.1, 0.15) is 41.5 Å². The Balaban J connectivity index is 3.52. The number of rotatable bonds is 8. The molecule has 3 unspecified atom stereocenters. The Morgan fingerprint density at radius 2 is 1.09 bits per heavy atom. The van der Waals surface area contributed by atoms with Crippen molar-refractivity contribution in [3.63, 3.8) is 0 Å². The Labute approximate surface area is 183 Å². The van der Waals surface area contributed by atoms with Gasteiger partial charge >= 0.3 is 35.8 Å². The summed E-state index contributed by atoms with van der Waals surface area (Å²) >= 11 is 0. The molecule has 0 radical (unpaired) electrons. The standard InChI is InChI=1S/C19H26O13/c1-8(20)26-7-14(27-9(2)21)15-16(28-10(3)22)17(29-11(4)23)18(30-12(5)24)19(32-15)31-13(6)25/h14-19H,7H2,1-6H3/t14-,15?,16-,17?,18?,19-/m0/s1. The third-order valence-electron chi connectivity index (χ3n) is 3.85. The summed E-state index contributed by atoms with van der Waals surface area (Å²) in [4.78, 5) is 69.7. The van der Waals surface area contributed by atoms with Gasteiger partial charge in [0.05, 0.1) is 0 Å². The van der Waals surface area contributed by atoms with E-state index in [1.54, 1.807) is 0 Å². The van der Waals surface area contributed by atoms with Crippen LogP contribution in [0.4, 0.5) is 0 Å². The molecule has 0 aromatic rings. The number of esters is 6. The normalized spacial score (nSPS) is 25.5. The third-order valence-corrected chi connectivity index (χ3v) is 3.85. The minimum Gasteiger partial charge on any atom is -0.462 e. The summed E-state index contributed by atoms with van der Waals surface area (Å²) in [6.45, 7) is 5.83. The second-order valence-corrected chi connectivity index (χ2v) is 6.75. The van der Waals surface area contributed by atoms with Gasteiger partial charge in [-0.15, -0.1) is 0 Å². The van der Waals surface area contributed by atoms with E-state index in [4.69, 9.17) is 33.2 Å². The maximum absolute atomic E-state index is 11.8. The van der Waals surface area contributed by atoms with Gasteiger partial charge in [0.2, 0.25) is 12.4 Å². The van der Waals surface area contributed by atoms with Crippen molar-refractivity contribution in [2.75, 3.05) is 6.61 Å². The third kappa shape index (κ3) is 8.49. The van der Waals surface area contributed by atoms with Gasteiger partial charge in [-0.3, -0.25) is 28.8 Å². The van der Waals surface area contributed by atoms with Crippen LogP contribution in [0, 0.1) is 0 Å². The fraction of sp³-hybridized carbons (Fsp3) is 0.684. The van der Waals surface area contributed by atoms with Crippen molar-refractivity contribution in [1.82, 2.24) is 0 Å².